The molecule has 0 radical (unpaired) electrons. The van der Waals surface area contributed by atoms with Crippen LogP contribution in [0, 0.1) is 0 Å². The monoisotopic (exact) mass is 300 g/mol. The molecule has 0 fully saturated rings. The van der Waals surface area contributed by atoms with Crippen molar-refractivity contribution in [3.05, 3.63) is 28.0 Å². The van der Waals surface area contributed by atoms with Gasteiger partial charge >= 0.3 is 0 Å². The number of aliphatic hydroxyl groups is 1. The number of hydrogen-bond donors (Lipinski definition) is 1. The Balaban J connectivity index is 2.46. The number of aryl methyl sites for hydroxylation is 2. The van der Waals surface area contributed by atoms with Crippen LogP contribution in [-0.4, -0.2) is 21.3 Å². The van der Waals surface area contributed by atoms with Crippen molar-refractivity contribution in [1.82, 2.24) is 9.55 Å². The van der Waals surface area contributed by atoms with Gasteiger partial charge < -0.3 is 9.67 Å². The molecule has 3 nitrogen and oxygen atoms in total. The number of hydrogen-bond acceptors (Lipinski definition) is 2. The normalized spacial score (nSPS) is 11.4. The second-order valence-electron chi connectivity index (χ2n) is 4.62. The number of imidazole rings is 1. The highest BCUT2D eigenvalue weighted by atomic mass is 35.5. The Labute approximate surface area is 123 Å². The van der Waals surface area contributed by atoms with Crippen molar-refractivity contribution in [3.63, 3.8) is 0 Å². The Hall–Kier alpha value is -0.770. The molecule has 1 heterocycles. The molecule has 5 heteroatoms. The van der Waals surface area contributed by atoms with E-state index in [1.54, 1.807) is 0 Å². The molecule has 0 aliphatic heterocycles. The lowest BCUT2D eigenvalue weighted by molar-refractivity contribution is 0.279. The fourth-order valence-electron chi connectivity index (χ4n) is 2.17. The van der Waals surface area contributed by atoms with Crippen LogP contribution in [0.25, 0.3) is 11.0 Å². The first-order chi connectivity index (χ1) is 9.17. The molecular formula is C14H18Cl2N2O. The third-order valence-electron chi connectivity index (χ3n) is 3.16. The van der Waals surface area contributed by atoms with Crippen LogP contribution in [0.5, 0.6) is 0 Å². The Bertz CT molecular complexity index is 566. The molecule has 1 N–H and O–H groups in total. The van der Waals surface area contributed by atoms with Gasteiger partial charge in [-0.1, -0.05) is 36.5 Å². The van der Waals surface area contributed by atoms with Crippen LogP contribution < -0.4 is 0 Å². The second-order valence-corrected chi connectivity index (χ2v) is 5.43. The Morgan fingerprint density at radius 2 is 1.95 bits per heavy atom. The molecule has 2 aromatic rings. The third kappa shape index (κ3) is 3.22. The molecule has 0 unspecified atom stereocenters. The molecule has 104 valence electrons. The van der Waals surface area contributed by atoms with Crippen LogP contribution in [0.3, 0.4) is 0 Å². The SMILES string of the molecule is CCCCc1nc2cc(Cl)c(Cl)cc2n1CCCO. The van der Waals surface area contributed by atoms with E-state index in [4.69, 9.17) is 28.3 Å². The van der Waals surface area contributed by atoms with Gasteiger partial charge in [0, 0.05) is 19.6 Å². The molecule has 19 heavy (non-hydrogen) atoms. The van der Waals surface area contributed by atoms with Crippen LogP contribution in [-0.2, 0) is 13.0 Å². The van der Waals surface area contributed by atoms with E-state index >= 15 is 0 Å². The Kier molecular flexibility index (Phi) is 5.08. The van der Waals surface area contributed by atoms with Crippen molar-refractivity contribution in [1.29, 1.82) is 0 Å². The maximum Gasteiger partial charge on any atom is 0.109 e. The minimum Gasteiger partial charge on any atom is -0.396 e. The third-order valence-corrected chi connectivity index (χ3v) is 3.89. The molecule has 2 rings (SSSR count). The predicted octanol–water partition coefficient (Wildman–Crippen LogP) is 4.07. The second kappa shape index (κ2) is 6.60. The van der Waals surface area contributed by atoms with Gasteiger partial charge in [0.05, 0.1) is 21.1 Å². The zero-order chi connectivity index (χ0) is 13.8. The van der Waals surface area contributed by atoms with E-state index < -0.39 is 0 Å². The van der Waals surface area contributed by atoms with Crippen molar-refractivity contribution >= 4 is 34.2 Å². The minimum atomic E-state index is 0.175. The summed E-state index contributed by atoms with van der Waals surface area (Å²) in [5, 5.41) is 10.1. The number of fused-ring (bicyclic) bond motifs is 1. The predicted molar refractivity (Wildman–Crippen MR) is 80.1 cm³/mol. The topological polar surface area (TPSA) is 38.0 Å². The molecule has 0 aliphatic rings. The molecule has 0 aliphatic carbocycles. The van der Waals surface area contributed by atoms with Gasteiger partial charge in [-0.25, -0.2) is 4.98 Å². The smallest absolute Gasteiger partial charge is 0.109 e. The number of nitrogens with zero attached hydrogens (tertiary/aromatic N) is 2. The first-order valence-electron chi connectivity index (χ1n) is 6.62. The molecule has 0 bridgehead atoms. The molecule has 1 aromatic heterocycles. The van der Waals surface area contributed by atoms with Crippen LogP contribution in [0.4, 0.5) is 0 Å². The lowest BCUT2D eigenvalue weighted by Crippen LogP contribution is -2.05. The first kappa shape index (κ1) is 14.6. The van der Waals surface area contributed by atoms with Gasteiger partial charge in [0.1, 0.15) is 5.82 Å². The number of aromatic nitrogens is 2. The van der Waals surface area contributed by atoms with E-state index in [0.29, 0.717) is 16.5 Å². The van der Waals surface area contributed by atoms with E-state index in [9.17, 15) is 0 Å². The molecule has 1 aromatic carbocycles. The van der Waals surface area contributed by atoms with Crippen molar-refractivity contribution < 1.29 is 5.11 Å². The summed E-state index contributed by atoms with van der Waals surface area (Å²) in [6.07, 6.45) is 3.88. The van der Waals surface area contributed by atoms with E-state index in [1.165, 1.54) is 0 Å². The van der Waals surface area contributed by atoms with Crippen LogP contribution in [0.15, 0.2) is 12.1 Å². The highest BCUT2D eigenvalue weighted by Gasteiger charge is 2.12. The highest BCUT2D eigenvalue weighted by molar-refractivity contribution is 6.42. The van der Waals surface area contributed by atoms with Gasteiger partial charge in [0.15, 0.2) is 0 Å². The summed E-state index contributed by atoms with van der Waals surface area (Å²) in [5.41, 5.74) is 1.87. The maximum atomic E-state index is 9.02. The number of aliphatic hydroxyl groups excluding tert-OH is 1. The van der Waals surface area contributed by atoms with Crippen molar-refractivity contribution in [3.8, 4) is 0 Å². The van der Waals surface area contributed by atoms with Gasteiger partial charge in [-0.2, -0.15) is 0 Å². The fraction of sp³-hybridized carbons (Fsp3) is 0.500. The summed E-state index contributed by atoms with van der Waals surface area (Å²) in [4.78, 5) is 4.64. The number of unbranched alkanes of at least 4 members (excludes halogenated alkanes) is 1. The quantitative estimate of drug-likeness (QED) is 0.873. The van der Waals surface area contributed by atoms with Crippen LogP contribution >= 0.6 is 23.2 Å². The largest absolute Gasteiger partial charge is 0.396 e. The molecule has 0 saturated carbocycles. The minimum absolute atomic E-state index is 0.175. The lowest BCUT2D eigenvalue weighted by Gasteiger charge is -2.08. The van der Waals surface area contributed by atoms with E-state index in [1.807, 2.05) is 12.1 Å². The molecule has 0 spiro atoms. The summed E-state index contributed by atoms with van der Waals surface area (Å²) in [7, 11) is 0. The van der Waals surface area contributed by atoms with Gasteiger partial charge in [-0.3, -0.25) is 0 Å². The van der Waals surface area contributed by atoms with Gasteiger partial charge in [0.25, 0.3) is 0 Å². The van der Waals surface area contributed by atoms with Gasteiger partial charge in [-0.15, -0.1) is 0 Å². The van der Waals surface area contributed by atoms with Crippen molar-refractivity contribution in [2.24, 2.45) is 0 Å². The number of rotatable bonds is 6. The average Bonchev–Trinajstić information content (AvgIpc) is 2.71. The average molecular weight is 301 g/mol. The maximum absolute atomic E-state index is 9.02. The van der Waals surface area contributed by atoms with E-state index in [2.05, 4.69) is 16.5 Å². The first-order valence-corrected chi connectivity index (χ1v) is 7.38. The summed E-state index contributed by atoms with van der Waals surface area (Å²) >= 11 is 12.1. The number of halogens is 2. The van der Waals surface area contributed by atoms with E-state index in [0.717, 1.165) is 42.7 Å². The summed E-state index contributed by atoms with van der Waals surface area (Å²) < 4.78 is 2.14. The van der Waals surface area contributed by atoms with Crippen LogP contribution in [0.2, 0.25) is 10.0 Å². The molecule has 0 amide bonds. The standard InChI is InChI=1S/C14H18Cl2N2O/c1-2-3-5-14-17-12-8-10(15)11(16)9-13(12)18(14)6-4-7-19/h8-9,19H,2-7H2,1H3. The molecule has 0 atom stereocenters. The Morgan fingerprint density at radius 1 is 1.21 bits per heavy atom. The zero-order valence-electron chi connectivity index (χ0n) is 11.0. The van der Waals surface area contributed by atoms with Crippen molar-refractivity contribution in [2.45, 2.75) is 39.2 Å². The molecule has 0 saturated heterocycles. The van der Waals surface area contributed by atoms with E-state index in [-0.39, 0.29) is 6.61 Å². The summed E-state index contributed by atoms with van der Waals surface area (Å²) in [6, 6.07) is 3.67. The Morgan fingerprint density at radius 3 is 2.63 bits per heavy atom. The summed E-state index contributed by atoms with van der Waals surface area (Å²) in [5.74, 6) is 1.05. The zero-order valence-corrected chi connectivity index (χ0v) is 12.5. The summed E-state index contributed by atoms with van der Waals surface area (Å²) in [6.45, 7) is 3.09. The fourth-order valence-corrected chi connectivity index (χ4v) is 2.49. The lowest BCUT2D eigenvalue weighted by atomic mass is 10.2. The number of benzene rings is 1. The highest BCUT2D eigenvalue weighted by Crippen LogP contribution is 2.28. The molecular weight excluding hydrogens is 283 g/mol. The van der Waals surface area contributed by atoms with Gasteiger partial charge in [0.2, 0.25) is 0 Å². The van der Waals surface area contributed by atoms with Gasteiger partial charge in [-0.05, 0) is 25.0 Å². The van der Waals surface area contributed by atoms with Crippen LogP contribution in [0.1, 0.15) is 32.0 Å². The van der Waals surface area contributed by atoms with Crippen molar-refractivity contribution in [2.75, 3.05) is 6.61 Å².